The Labute approximate surface area is 104 Å². The second-order valence-electron chi connectivity index (χ2n) is 5.99. The molecule has 0 rings (SSSR count). The third kappa shape index (κ3) is 12.1. The minimum absolute atomic E-state index is 0.886. The maximum atomic E-state index is 2.43. The first-order valence-corrected chi connectivity index (χ1v) is 7.66. The molecule has 0 bridgehead atoms. The summed E-state index contributed by atoms with van der Waals surface area (Å²) in [5, 5.41) is 0. The van der Waals surface area contributed by atoms with Crippen LogP contribution >= 0.6 is 0 Å². The first-order valence-electron chi connectivity index (χ1n) is 7.66. The van der Waals surface area contributed by atoms with Crippen molar-refractivity contribution in [2.75, 3.05) is 0 Å². The average Bonchev–Trinajstić information content (AvgIpc) is 2.25. The van der Waals surface area contributed by atoms with E-state index in [1.54, 1.807) is 0 Å². The van der Waals surface area contributed by atoms with Crippen LogP contribution in [0.3, 0.4) is 0 Å². The highest BCUT2D eigenvalue weighted by Crippen LogP contribution is 2.18. The highest BCUT2D eigenvalue weighted by molar-refractivity contribution is 4.56. The molecule has 0 aromatic carbocycles. The molecule has 0 radical (unpaired) electrons. The van der Waals surface area contributed by atoms with Crippen molar-refractivity contribution in [3.63, 3.8) is 0 Å². The molecule has 0 saturated heterocycles. The van der Waals surface area contributed by atoms with Crippen molar-refractivity contribution in [2.45, 2.75) is 91.9 Å². The van der Waals surface area contributed by atoms with Gasteiger partial charge in [0.2, 0.25) is 0 Å². The summed E-state index contributed by atoms with van der Waals surface area (Å²) in [5.41, 5.74) is 0. The molecule has 0 saturated carbocycles. The van der Waals surface area contributed by atoms with Gasteiger partial charge in [-0.2, -0.15) is 0 Å². The zero-order valence-corrected chi connectivity index (χ0v) is 12.2. The number of hydrogen-bond acceptors (Lipinski definition) is 0. The Morgan fingerprint density at radius 3 is 1.75 bits per heavy atom. The molecular weight excluding hydrogens is 192 g/mol. The largest absolute Gasteiger partial charge is 0.0654 e. The summed E-state index contributed by atoms with van der Waals surface area (Å²) < 4.78 is 0. The summed E-state index contributed by atoms with van der Waals surface area (Å²) >= 11 is 0. The molecule has 0 aromatic rings. The molecule has 0 aliphatic carbocycles. The van der Waals surface area contributed by atoms with Crippen LogP contribution in [0.4, 0.5) is 0 Å². The second kappa shape index (κ2) is 11.5. The van der Waals surface area contributed by atoms with Crippen LogP contribution in [0.25, 0.3) is 0 Å². The summed E-state index contributed by atoms with van der Waals surface area (Å²) in [4.78, 5) is 0. The summed E-state index contributed by atoms with van der Waals surface area (Å²) in [7, 11) is 0. The molecule has 0 aliphatic rings. The van der Waals surface area contributed by atoms with E-state index in [0.717, 1.165) is 11.8 Å². The molecule has 0 spiro atoms. The smallest absolute Gasteiger partial charge is 0.0443 e. The van der Waals surface area contributed by atoms with Crippen molar-refractivity contribution in [1.82, 2.24) is 0 Å². The van der Waals surface area contributed by atoms with Gasteiger partial charge in [-0.25, -0.2) is 0 Å². The highest BCUT2D eigenvalue weighted by atomic mass is 14.1. The Morgan fingerprint density at radius 1 is 0.625 bits per heavy atom. The van der Waals surface area contributed by atoms with Gasteiger partial charge in [0.25, 0.3) is 0 Å². The van der Waals surface area contributed by atoms with Crippen molar-refractivity contribution in [3.8, 4) is 0 Å². The molecule has 98 valence electrons. The van der Waals surface area contributed by atoms with E-state index in [9.17, 15) is 0 Å². The van der Waals surface area contributed by atoms with Gasteiger partial charge in [0.15, 0.2) is 0 Å². The van der Waals surface area contributed by atoms with Gasteiger partial charge < -0.3 is 0 Å². The van der Waals surface area contributed by atoms with Crippen LogP contribution in [0.1, 0.15) is 91.9 Å². The average molecular weight is 226 g/mol. The van der Waals surface area contributed by atoms with E-state index in [-0.39, 0.29) is 0 Å². The van der Waals surface area contributed by atoms with E-state index in [2.05, 4.69) is 27.7 Å². The lowest BCUT2D eigenvalue weighted by atomic mass is 9.94. The van der Waals surface area contributed by atoms with Crippen LogP contribution in [0.5, 0.6) is 0 Å². The molecule has 0 N–H and O–H groups in total. The van der Waals surface area contributed by atoms with Crippen LogP contribution in [0.15, 0.2) is 0 Å². The number of unbranched alkanes of at least 4 members (excludes halogenated alkanes) is 6. The molecule has 0 aliphatic heterocycles. The van der Waals surface area contributed by atoms with E-state index in [0.29, 0.717) is 0 Å². The fraction of sp³-hybridized carbons (Fsp3) is 1.00. The predicted molar refractivity (Wildman–Crippen MR) is 75.8 cm³/mol. The summed E-state index contributed by atoms with van der Waals surface area (Å²) in [5.74, 6) is 1.84. The van der Waals surface area contributed by atoms with E-state index < -0.39 is 0 Å². The maximum absolute atomic E-state index is 2.43. The lowest BCUT2D eigenvalue weighted by Gasteiger charge is -2.12. The van der Waals surface area contributed by atoms with Gasteiger partial charge in [-0.05, 0) is 11.8 Å². The van der Waals surface area contributed by atoms with Crippen molar-refractivity contribution in [2.24, 2.45) is 11.8 Å². The Morgan fingerprint density at radius 2 is 1.19 bits per heavy atom. The molecule has 0 fully saturated rings. The van der Waals surface area contributed by atoms with E-state index >= 15 is 0 Å². The van der Waals surface area contributed by atoms with Crippen molar-refractivity contribution < 1.29 is 0 Å². The Hall–Kier alpha value is 0. The van der Waals surface area contributed by atoms with Crippen LogP contribution in [-0.2, 0) is 0 Å². The van der Waals surface area contributed by atoms with Crippen molar-refractivity contribution in [1.29, 1.82) is 0 Å². The van der Waals surface area contributed by atoms with Crippen molar-refractivity contribution >= 4 is 0 Å². The summed E-state index contributed by atoms with van der Waals surface area (Å²) in [6, 6.07) is 0. The highest BCUT2D eigenvalue weighted by Gasteiger charge is 2.03. The molecule has 16 heavy (non-hydrogen) atoms. The zero-order valence-electron chi connectivity index (χ0n) is 12.2. The Balaban J connectivity index is 3.12. The van der Waals surface area contributed by atoms with Gasteiger partial charge in [0, 0.05) is 0 Å². The number of hydrogen-bond donors (Lipinski definition) is 0. The van der Waals surface area contributed by atoms with Crippen LogP contribution in [0.2, 0.25) is 0 Å². The zero-order chi connectivity index (χ0) is 12.2. The van der Waals surface area contributed by atoms with Crippen molar-refractivity contribution in [3.05, 3.63) is 0 Å². The predicted octanol–water partition coefficient (Wildman–Crippen LogP) is 6.20. The minimum atomic E-state index is 0.886. The van der Waals surface area contributed by atoms with Gasteiger partial charge in [-0.15, -0.1) is 0 Å². The van der Waals surface area contributed by atoms with Gasteiger partial charge in [-0.1, -0.05) is 91.9 Å². The monoisotopic (exact) mass is 226 g/mol. The lowest BCUT2D eigenvalue weighted by molar-refractivity contribution is 0.410. The molecule has 0 nitrogen and oxygen atoms in total. The first-order chi connectivity index (χ1) is 7.66. The van der Waals surface area contributed by atoms with Crippen LogP contribution in [0, 0.1) is 11.8 Å². The maximum Gasteiger partial charge on any atom is -0.0443 e. The third-order valence-electron chi connectivity index (χ3n) is 3.54. The van der Waals surface area contributed by atoms with Gasteiger partial charge in [0.05, 0.1) is 0 Å². The first kappa shape index (κ1) is 16.0. The summed E-state index contributed by atoms with van der Waals surface area (Å²) in [6.07, 6.45) is 14.4. The van der Waals surface area contributed by atoms with Gasteiger partial charge >= 0.3 is 0 Å². The van der Waals surface area contributed by atoms with E-state index in [1.165, 1.54) is 64.2 Å². The van der Waals surface area contributed by atoms with Crippen LogP contribution < -0.4 is 0 Å². The normalized spacial score (nSPS) is 13.3. The van der Waals surface area contributed by atoms with E-state index in [1.807, 2.05) is 0 Å². The Kier molecular flexibility index (Phi) is 11.5. The standard InChI is InChI=1S/C16H34/c1-5-6-7-8-9-10-11-12-16(4)14-13-15(2)3/h15-16H,5-14H2,1-4H3. The topological polar surface area (TPSA) is 0 Å². The third-order valence-corrected chi connectivity index (χ3v) is 3.54. The number of rotatable bonds is 11. The fourth-order valence-electron chi connectivity index (χ4n) is 2.21. The van der Waals surface area contributed by atoms with Crippen LogP contribution in [-0.4, -0.2) is 0 Å². The molecule has 0 amide bonds. The molecule has 1 atom stereocenters. The van der Waals surface area contributed by atoms with E-state index in [4.69, 9.17) is 0 Å². The molecule has 0 heterocycles. The SMILES string of the molecule is CCCCCCCCCC(C)CCC(C)C. The summed E-state index contributed by atoms with van der Waals surface area (Å²) in [6.45, 7) is 9.39. The van der Waals surface area contributed by atoms with Gasteiger partial charge in [0.1, 0.15) is 0 Å². The molecular formula is C16H34. The van der Waals surface area contributed by atoms with Gasteiger partial charge in [-0.3, -0.25) is 0 Å². The lowest BCUT2D eigenvalue weighted by Crippen LogP contribution is -1.98. The molecule has 1 unspecified atom stereocenters. The fourth-order valence-corrected chi connectivity index (χ4v) is 2.21. The Bertz CT molecular complexity index is 126. The molecule has 0 aromatic heterocycles. The second-order valence-corrected chi connectivity index (χ2v) is 5.99. The molecule has 0 heteroatoms. The quantitative estimate of drug-likeness (QED) is 0.368. The minimum Gasteiger partial charge on any atom is -0.0654 e.